The maximum atomic E-state index is 11.7. The SMILES string of the molecule is CCC(CC)(c1ccc(OC)c(C)c1)c1c[nH]c2c(NS(C)=O)cccc12. The molecule has 1 unspecified atom stereocenters. The monoisotopic (exact) mass is 384 g/mol. The minimum Gasteiger partial charge on any atom is -0.496 e. The van der Waals surface area contributed by atoms with Crippen LogP contribution in [-0.2, 0) is 16.4 Å². The summed E-state index contributed by atoms with van der Waals surface area (Å²) in [6.45, 7) is 6.57. The highest BCUT2D eigenvalue weighted by molar-refractivity contribution is 7.85. The summed E-state index contributed by atoms with van der Waals surface area (Å²) in [5, 5.41) is 1.17. The Balaban J connectivity index is 2.21. The van der Waals surface area contributed by atoms with Crippen LogP contribution in [0.15, 0.2) is 42.6 Å². The molecule has 0 aliphatic rings. The lowest BCUT2D eigenvalue weighted by Crippen LogP contribution is -2.26. The van der Waals surface area contributed by atoms with Crippen LogP contribution < -0.4 is 9.46 Å². The van der Waals surface area contributed by atoms with Crippen LogP contribution in [0.4, 0.5) is 5.69 Å². The maximum Gasteiger partial charge on any atom is 0.121 e. The summed E-state index contributed by atoms with van der Waals surface area (Å²) in [4.78, 5) is 3.42. The van der Waals surface area contributed by atoms with E-state index in [1.54, 1.807) is 13.4 Å². The van der Waals surface area contributed by atoms with Crippen LogP contribution in [0.2, 0.25) is 0 Å². The fourth-order valence-corrected chi connectivity index (χ4v) is 4.64. The summed E-state index contributed by atoms with van der Waals surface area (Å²) in [6, 6.07) is 12.6. The van der Waals surface area contributed by atoms with Gasteiger partial charge < -0.3 is 14.4 Å². The summed E-state index contributed by atoms with van der Waals surface area (Å²) in [5.74, 6) is 0.913. The molecule has 0 spiro atoms. The molecule has 1 atom stereocenters. The van der Waals surface area contributed by atoms with E-state index in [-0.39, 0.29) is 5.41 Å². The second-order valence-electron chi connectivity index (χ2n) is 6.96. The zero-order valence-corrected chi connectivity index (χ0v) is 17.5. The van der Waals surface area contributed by atoms with Gasteiger partial charge in [-0.2, -0.15) is 0 Å². The number of fused-ring (bicyclic) bond motifs is 1. The molecule has 3 aromatic rings. The van der Waals surface area contributed by atoms with Crippen LogP contribution in [0.5, 0.6) is 5.75 Å². The van der Waals surface area contributed by atoms with Crippen LogP contribution >= 0.6 is 0 Å². The van der Waals surface area contributed by atoms with E-state index >= 15 is 0 Å². The third-order valence-electron chi connectivity index (χ3n) is 5.64. The van der Waals surface area contributed by atoms with Gasteiger partial charge in [0.2, 0.25) is 0 Å². The fourth-order valence-electron chi connectivity index (χ4n) is 4.16. The molecule has 3 rings (SSSR count). The van der Waals surface area contributed by atoms with Gasteiger partial charge in [-0.05, 0) is 48.6 Å². The Bertz CT molecular complexity index is 974. The van der Waals surface area contributed by atoms with Gasteiger partial charge >= 0.3 is 0 Å². The van der Waals surface area contributed by atoms with Crippen LogP contribution in [0, 0.1) is 6.92 Å². The molecular formula is C22H28N2O2S. The molecule has 0 radical (unpaired) electrons. The van der Waals surface area contributed by atoms with Gasteiger partial charge in [-0.25, -0.2) is 4.21 Å². The lowest BCUT2D eigenvalue weighted by Gasteiger charge is -2.33. The van der Waals surface area contributed by atoms with Gasteiger partial charge in [-0.15, -0.1) is 0 Å². The number of aromatic amines is 1. The third kappa shape index (κ3) is 3.36. The van der Waals surface area contributed by atoms with Gasteiger partial charge in [0, 0.05) is 23.3 Å². The Morgan fingerprint density at radius 1 is 1.19 bits per heavy atom. The van der Waals surface area contributed by atoms with Crippen LogP contribution in [0.1, 0.15) is 43.4 Å². The van der Waals surface area contributed by atoms with Crippen molar-refractivity contribution >= 4 is 27.6 Å². The Morgan fingerprint density at radius 2 is 1.93 bits per heavy atom. The number of para-hydroxylation sites is 1. The molecule has 0 bridgehead atoms. The number of rotatable bonds is 7. The van der Waals surface area contributed by atoms with Crippen molar-refractivity contribution in [2.45, 2.75) is 39.0 Å². The lowest BCUT2D eigenvalue weighted by molar-refractivity contribution is 0.410. The first kappa shape index (κ1) is 19.5. The molecular weight excluding hydrogens is 356 g/mol. The third-order valence-corrected chi connectivity index (χ3v) is 6.15. The second kappa shape index (κ2) is 7.77. The Morgan fingerprint density at radius 3 is 2.52 bits per heavy atom. The van der Waals surface area contributed by atoms with E-state index in [0.29, 0.717) is 0 Å². The van der Waals surface area contributed by atoms with Crippen molar-refractivity contribution in [2.75, 3.05) is 18.1 Å². The summed E-state index contributed by atoms with van der Waals surface area (Å²) in [7, 11) is 0.594. The minimum absolute atomic E-state index is 0.0979. The van der Waals surface area contributed by atoms with Crippen molar-refractivity contribution in [1.29, 1.82) is 0 Å². The van der Waals surface area contributed by atoms with E-state index in [1.807, 2.05) is 12.1 Å². The number of H-pyrrole nitrogens is 1. The van der Waals surface area contributed by atoms with Gasteiger partial charge in [0.25, 0.3) is 0 Å². The second-order valence-corrected chi connectivity index (χ2v) is 8.07. The van der Waals surface area contributed by atoms with Crippen molar-refractivity contribution in [3.05, 3.63) is 59.3 Å². The Labute approximate surface area is 163 Å². The number of aryl methyl sites for hydroxylation is 1. The van der Waals surface area contributed by atoms with Crippen LogP contribution in [-0.4, -0.2) is 22.6 Å². The molecule has 2 aromatic carbocycles. The highest BCUT2D eigenvalue weighted by Gasteiger charge is 2.33. The Kier molecular flexibility index (Phi) is 5.61. The van der Waals surface area contributed by atoms with E-state index in [4.69, 9.17) is 4.74 Å². The summed E-state index contributed by atoms with van der Waals surface area (Å²) in [5.41, 5.74) is 5.48. The standard InChI is InChI=1S/C22H28N2O2S/c1-6-22(7-2,16-11-12-20(26-4)15(3)13-16)18-14-23-21-17(18)9-8-10-19(21)24-27(5)25/h8-14,23-24H,6-7H2,1-5H3. The summed E-state index contributed by atoms with van der Waals surface area (Å²) < 4.78 is 20.2. The first-order valence-electron chi connectivity index (χ1n) is 9.32. The maximum absolute atomic E-state index is 11.7. The molecule has 0 fully saturated rings. The number of ether oxygens (including phenoxy) is 1. The average Bonchev–Trinajstić information content (AvgIpc) is 3.09. The van der Waals surface area contributed by atoms with Gasteiger partial charge in [0.1, 0.15) is 16.7 Å². The normalized spacial score (nSPS) is 12.9. The van der Waals surface area contributed by atoms with Crippen molar-refractivity contribution in [3.8, 4) is 5.75 Å². The Hall–Kier alpha value is -2.27. The largest absolute Gasteiger partial charge is 0.496 e. The first-order chi connectivity index (χ1) is 13.0. The van der Waals surface area contributed by atoms with Crippen molar-refractivity contribution in [1.82, 2.24) is 4.98 Å². The lowest BCUT2D eigenvalue weighted by atomic mass is 9.70. The van der Waals surface area contributed by atoms with E-state index in [0.717, 1.165) is 35.4 Å². The molecule has 27 heavy (non-hydrogen) atoms. The smallest absolute Gasteiger partial charge is 0.121 e. The van der Waals surface area contributed by atoms with Gasteiger partial charge in [0.15, 0.2) is 0 Å². The molecule has 5 heteroatoms. The molecule has 0 aliphatic carbocycles. The minimum atomic E-state index is -1.11. The fraction of sp³-hybridized carbons (Fsp3) is 0.364. The highest BCUT2D eigenvalue weighted by atomic mass is 32.2. The number of nitrogens with one attached hydrogen (secondary N) is 2. The van der Waals surface area contributed by atoms with E-state index in [9.17, 15) is 4.21 Å². The van der Waals surface area contributed by atoms with Gasteiger partial charge in [-0.3, -0.25) is 0 Å². The number of methoxy groups -OCH3 is 1. The van der Waals surface area contributed by atoms with E-state index in [1.165, 1.54) is 16.5 Å². The number of benzene rings is 2. The predicted molar refractivity (Wildman–Crippen MR) is 115 cm³/mol. The van der Waals surface area contributed by atoms with Gasteiger partial charge in [0.05, 0.1) is 18.3 Å². The predicted octanol–water partition coefficient (Wildman–Crippen LogP) is 5.30. The molecule has 1 heterocycles. The summed E-state index contributed by atoms with van der Waals surface area (Å²) >= 11 is 0. The van der Waals surface area contributed by atoms with Crippen LogP contribution in [0.25, 0.3) is 10.9 Å². The molecule has 4 nitrogen and oxygen atoms in total. The quantitative estimate of drug-likeness (QED) is 0.581. The number of anilines is 1. The van der Waals surface area contributed by atoms with Gasteiger partial charge in [-0.1, -0.05) is 38.1 Å². The van der Waals surface area contributed by atoms with Crippen molar-refractivity contribution in [3.63, 3.8) is 0 Å². The topological polar surface area (TPSA) is 54.1 Å². The molecule has 1 aromatic heterocycles. The molecule has 0 aliphatic heterocycles. The molecule has 144 valence electrons. The molecule has 0 saturated carbocycles. The number of hydrogen-bond acceptors (Lipinski definition) is 2. The first-order valence-corrected chi connectivity index (χ1v) is 10.9. The summed E-state index contributed by atoms with van der Waals surface area (Å²) in [6.07, 6.45) is 5.73. The zero-order chi connectivity index (χ0) is 19.6. The number of aromatic nitrogens is 1. The molecule has 0 amide bonds. The molecule has 2 N–H and O–H groups in total. The highest BCUT2D eigenvalue weighted by Crippen LogP contribution is 2.44. The average molecular weight is 385 g/mol. The number of hydrogen-bond donors (Lipinski definition) is 2. The molecule has 0 saturated heterocycles. The van der Waals surface area contributed by atoms with Crippen LogP contribution in [0.3, 0.4) is 0 Å². The van der Waals surface area contributed by atoms with E-state index in [2.05, 4.69) is 60.9 Å². The van der Waals surface area contributed by atoms with E-state index < -0.39 is 11.0 Å². The van der Waals surface area contributed by atoms with Crippen molar-refractivity contribution in [2.24, 2.45) is 0 Å². The van der Waals surface area contributed by atoms with Crippen molar-refractivity contribution < 1.29 is 8.95 Å². The zero-order valence-electron chi connectivity index (χ0n) is 16.7.